The van der Waals surface area contributed by atoms with Crippen LogP contribution in [0.1, 0.15) is 44.8 Å². The molecule has 0 aliphatic heterocycles. The van der Waals surface area contributed by atoms with Crippen LogP contribution in [0.15, 0.2) is 6.20 Å². The van der Waals surface area contributed by atoms with Gasteiger partial charge in [-0.1, -0.05) is 20.3 Å². The van der Waals surface area contributed by atoms with Crippen LogP contribution in [-0.4, -0.2) is 16.6 Å². The molecule has 0 bridgehead atoms. The van der Waals surface area contributed by atoms with E-state index in [1.807, 2.05) is 14.0 Å². The van der Waals surface area contributed by atoms with Crippen molar-refractivity contribution in [2.45, 2.75) is 46.1 Å². The van der Waals surface area contributed by atoms with Crippen LogP contribution in [0.2, 0.25) is 0 Å². The number of aryl methyl sites for hydroxylation is 1. The molecule has 3 heteroatoms. The number of imidazole rings is 1. The van der Waals surface area contributed by atoms with Gasteiger partial charge < -0.3 is 9.88 Å². The summed E-state index contributed by atoms with van der Waals surface area (Å²) < 4.78 is 2.26. The third kappa shape index (κ3) is 2.28. The molecule has 0 aromatic carbocycles. The van der Waals surface area contributed by atoms with Gasteiger partial charge in [-0.3, -0.25) is 0 Å². The molecule has 0 radical (unpaired) electrons. The van der Waals surface area contributed by atoms with Crippen LogP contribution < -0.4 is 5.32 Å². The average Bonchev–Trinajstić information content (AvgIpc) is 2.55. The lowest BCUT2D eigenvalue weighted by atomic mass is 10.1. The van der Waals surface area contributed by atoms with Gasteiger partial charge in [-0.25, -0.2) is 4.98 Å². The van der Waals surface area contributed by atoms with Gasteiger partial charge in [0.25, 0.3) is 0 Å². The molecule has 1 rings (SSSR count). The van der Waals surface area contributed by atoms with Gasteiger partial charge in [-0.05, 0) is 19.8 Å². The summed E-state index contributed by atoms with van der Waals surface area (Å²) in [6.07, 6.45) is 5.74. The SMILES string of the molecule is CCCC(CC)n1cc(C)nc1NC. The summed E-state index contributed by atoms with van der Waals surface area (Å²) >= 11 is 0. The molecule has 1 atom stereocenters. The molecule has 0 saturated heterocycles. The highest BCUT2D eigenvalue weighted by atomic mass is 15.2. The van der Waals surface area contributed by atoms with Gasteiger partial charge in [0.05, 0.1) is 5.69 Å². The molecule has 1 unspecified atom stereocenters. The van der Waals surface area contributed by atoms with Crippen molar-refractivity contribution < 1.29 is 0 Å². The molecule has 0 aliphatic carbocycles. The lowest BCUT2D eigenvalue weighted by molar-refractivity contribution is 0.452. The van der Waals surface area contributed by atoms with E-state index in [9.17, 15) is 0 Å². The van der Waals surface area contributed by atoms with Crippen LogP contribution in [0, 0.1) is 6.92 Å². The predicted octanol–water partition coefficient (Wildman–Crippen LogP) is 2.98. The Hall–Kier alpha value is -0.990. The van der Waals surface area contributed by atoms with Gasteiger partial charge in [0.2, 0.25) is 5.95 Å². The zero-order valence-electron chi connectivity index (χ0n) is 9.67. The summed E-state index contributed by atoms with van der Waals surface area (Å²) in [5.41, 5.74) is 1.09. The second-order valence-corrected chi connectivity index (χ2v) is 3.71. The van der Waals surface area contributed by atoms with E-state index in [-0.39, 0.29) is 0 Å². The quantitative estimate of drug-likeness (QED) is 0.782. The summed E-state index contributed by atoms with van der Waals surface area (Å²) in [7, 11) is 1.93. The number of anilines is 1. The Morgan fingerprint density at radius 3 is 2.71 bits per heavy atom. The molecule has 80 valence electrons. The first-order valence-corrected chi connectivity index (χ1v) is 5.46. The topological polar surface area (TPSA) is 29.9 Å². The fourth-order valence-electron chi connectivity index (χ4n) is 1.85. The van der Waals surface area contributed by atoms with Crippen molar-refractivity contribution in [1.82, 2.24) is 9.55 Å². The third-order valence-electron chi connectivity index (χ3n) is 2.56. The van der Waals surface area contributed by atoms with E-state index in [1.54, 1.807) is 0 Å². The van der Waals surface area contributed by atoms with Crippen LogP contribution in [0.3, 0.4) is 0 Å². The van der Waals surface area contributed by atoms with Crippen molar-refractivity contribution in [3.63, 3.8) is 0 Å². The maximum Gasteiger partial charge on any atom is 0.203 e. The Balaban J connectivity index is 2.89. The van der Waals surface area contributed by atoms with E-state index < -0.39 is 0 Å². The Bertz CT molecular complexity index is 278. The van der Waals surface area contributed by atoms with Crippen LogP contribution in [0.5, 0.6) is 0 Å². The van der Waals surface area contributed by atoms with Gasteiger partial charge in [0, 0.05) is 19.3 Å². The lowest BCUT2D eigenvalue weighted by Gasteiger charge is -2.17. The van der Waals surface area contributed by atoms with Crippen molar-refractivity contribution in [2.75, 3.05) is 12.4 Å². The molecule has 1 heterocycles. The molecule has 1 aromatic heterocycles. The average molecular weight is 195 g/mol. The smallest absolute Gasteiger partial charge is 0.203 e. The minimum absolute atomic E-state index is 0.587. The molecule has 1 N–H and O–H groups in total. The number of nitrogens with one attached hydrogen (secondary N) is 1. The summed E-state index contributed by atoms with van der Waals surface area (Å²) in [6, 6.07) is 0.587. The monoisotopic (exact) mass is 195 g/mol. The number of nitrogens with zero attached hydrogens (tertiary/aromatic N) is 2. The highest BCUT2D eigenvalue weighted by molar-refractivity contribution is 5.28. The third-order valence-corrected chi connectivity index (χ3v) is 2.56. The summed E-state index contributed by atoms with van der Waals surface area (Å²) in [5, 5.41) is 3.14. The van der Waals surface area contributed by atoms with E-state index in [1.165, 1.54) is 19.3 Å². The number of aromatic nitrogens is 2. The van der Waals surface area contributed by atoms with Crippen LogP contribution >= 0.6 is 0 Å². The molecular formula is C11H21N3. The summed E-state index contributed by atoms with van der Waals surface area (Å²) in [4.78, 5) is 4.43. The van der Waals surface area contributed by atoms with Crippen molar-refractivity contribution >= 4 is 5.95 Å². The first-order chi connectivity index (χ1) is 6.72. The largest absolute Gasteiger partial charge is 0.359 e. The van der Waals surface area contributed by atoms with Gasteiger partial charge >= 0.3 is 0 Å². The van der Waals surface area contributed by atoms with Crippen LogP contribution in [0.4, 0.5) is 5.95 Å². The molecule has 3 nitrogen and oxygen atoms in total. The molecule has 0 aliphatic rings. The first kappa shape index (κ1) is 11.1. The normalized spacial score (nSPS) is 12.9. The summed E-state index contributed by atoms with van der Waals surface area (Å²) in [6.45, 7) is 6.50. The molecule has 0 fully saturated rings. The molecule has 1 aromatic rings. The Morgan fingerprint density at radius 2 is 2.21 bits per heavy atom. The highest BCUT2D eigenvalue weighted by Crippen LogP contribution is 2.22. The fourth-order valence-corrected chi connectivity index (χ4v) is 1.85. The lowest BCUT2D eigenvalue weighted by Crippen LogP contribution is -2.10. The van der Waals surface area contributed by atoms with Crippen molar-refractivity contribution in [1.29, 1.82) is 0 Å². The van der Waals surface area contributed by atoms with Crippen molar-refractivity contribution in [2.24, 2.45) is 0 Å². The van der Waals surface area contributed by atoms with Crippen LogP contribution in [-0.2, 0) is 0 Å². The predicted molar refractivity (Wildman–Crippen MR) is 60.7 cm³/mol. The Morgan fingerprint density at radius 1 is 1.50 bits per heavy atom. The molecule has 0 amide bonds. The van der Waals surface area contributed by atoms with Gasteiger partial charge in [0.1, 0.15) is 0 Å². The standard InChI is InChI=1S/C11H21N3/c1-5-7-10(6-2)14-8-9(3)13-11(14)12-4/h8,10H,5-7H2,1-4H3,(H,12,13). The Labute approximate surface area is 86.5 Å². The minimum atomic E-state index is 0.587. The maximum absolute atomic E-state index is 4.43. The maximum atomic E-state index is 4.43. The first-order valence-electron chi connectivity index (χ1n) is 5.46. The molecule has 0 saturated carbocycles. The molecule has 14 heavy (non-hydrogen) atoms. The van der Waals surface area contributed by atoms with Crippen molar-refractivity contribution in [3.8, 4) is 0 Å². The van der Waals surface area contributed by atoms with Gasteiger partial charge in [-0.2, -0.15) is 0 Å². The second-order valence-electron chi connectivity index (χ2n) is 3.71. The second kappa shape index (κ2) is 5.03. The zero-order chi connectivity index (χ0) is 10.6. The van der Waals surface area contributed by atoms with Crippen LogP contribution in [0.25, 0.3) is 0 Å². The van der Waals surface area contributed by atoms with E-state index >= 15 is 0 Å². The molecular weight excluding hydrogens is 174 g/mol. The number of hydrogen-bond acceptors (Lipinski definition) is 2. The van der Waals surface area contributed by atoms with Crippen molar-refractivity contribution in [3.05, 3.63) is 11.9 Å². The number of hydrogen-bond donors (Lipinski definition) is 1. The van der Waals surface area contributed by atoms with E-state index in [0.29, 0.717) is 6.04 Å². The number of rotatable bonds is 5. The van der Waals surface area contributed by atoms with E-state index in [4.69, 9.17) is 0 Å². The Kier molecular flexibility index (Phi) is 3.98. The van der Waals surface area contributed by atoms with Gasteiger partial charge in [-0.15, -0.1) is 0 Å². The fraction of sp³-hybridized carbons (Fsp3) is 0.727. The van der Waals surface area contributed by atoms with E-state index in [0.717, 1.165) is 11.6 Å². The van der Waals surface area contributed by atoms with Gasteiger partial charge in [0.15, 0.2) is 0 Å². The highest BCUT2D eigenvalue weighted by Gasteiger charge is 2.12. The zero-order valence-corrected chi connectivity index (χ0v) is 9.67. The van der Waals surface area contributed by atoms with E-state index in [2.05, 4.69) is 34.9 Å². The summed E-state index contributed by atoms with van der Waals surface area (Å²) in [5.74, 6) is 0.989. The minimum Gasteiger partial charge on any atom is -0.359 e. The molecule has 0 spiro atoms.